The summed E-state index contributed by atoms with van der Waals surface area (Å²) in [6.07, 6.45) is 11.1. The SMILES string of the molecule is CCC[C@H](NC(=O)[C@H](Cc1ccccc1)NC(=O)N1CCNCC1)C(=O)N[C@@H](CC1CCCCC1)[C@@H](O)CCCc1ccccn1. The summed E-state index contributed by atoms with van der Waals surface area (Å²) in [5.41, 5.74) is 1.91. The number of nitrogens with one attached hydrogen (secondary N) is 4. The summed E-state index contributed by atoms with van der Waals surface area (Å²) in [5, 5.41) is 23.7. The van der Waals surface area contributed by atoms with Gasteiger partial charge in [0.05, 0.1) is 12.1 Å². The number of carbonyl (C=O) groups excluding carboxylic acids is 3. The fourth-order valence-corrected chi connectivity index (χ4v) is 6.61. The second-order valence-electron chi connectivity index (χ2n) is 12.9. The standard InChI is InChI=1S/C36H54N6O4/c1-2-12-30(39-35(45)32(26-28-15-7-4-8-16-28)41-36(46)42-23-21-37-22-24-42)34(44)40-31(25-27-13-5-3-6-14-27)33(43)19-11-18-29-17-9-10-20-38-29/h4,7-10,15-17,20,27,30-33,37,43H,2-3,5-6,11-14,18-19,21-26H2,1H3,(H,39,45)(H,40,44)(H,41,46)/t30-,31-,32-,33-/m0/s1. The molecule has 1 saturated carbocycles. The minimum atomic E-state index is -0.841. The number of benzene rings is 1. The number of rotatable bonds is 16. The molecule has 2 aliphatic rings. The highest BCUT2D eigenvalue weighted by Crippen LogP contribution is 2.28. The average molecular weight is 635 g/mol. The van der Waals surface area contributed by atoms with Crippen molar-refractivity contribution in [1.82, 2.24) is 31.2 Å². The number of aromatic nitrogens is 1. The monoisotopic (exact) mass is 634 g/mol. The number of aliphatic hydroxyl groups is 1. The van der Waals surface area contributed by atoms with Crippen LogP contribution in [-0.4, -0.2) is 83.2 Å². The Hall–Kier alpha value is -3.50. The number of aryl methyl sites for hydroxylation is 1. The van der Waals surface area contributed by atoms with Crippen molar-refractivity contribution in [2.75, 3.05) is 26.2 Å². The number of hydrogen-bond acceptors (Lipinski definition) is 6. The zero-order valence-corrected chi connectivity index (χ0v) is 27.5. The van der Waals surface area contributed by atoms with Crippen molar-refractivity contribution < 1.29 is 19.5 Å². The molecule has 4 amide bonds. The maximum absolute atomic E-state index is 13.8. The lowest BCUT2D eigenvalue weighted by Crippen LogP contribution is -2.59. The van der Waals surface area contributed by atoms with Crippen LogP contribution >= 0.6 is 0 Å². The van der Waals surface area contributed by atoms with Crippen molar-refractivity contribution in [1.29, 1.82) is 0 Å². The topological polar surface area (TPSA) is 136 Å². The fourth-order valence-electron chi connectivity index (χ4n) is 6.61. The number of amides is 4. The summed E-state index contributed by atoms with van der Waals surface area (Å²) in [5.74, 6) is -0.216. The number of nitrogens with zero attached hydrogens (tertiary/aromatic N) is 2. The first kappa shape index (κ1) is 35.4. The predicted molar refractivity (Wildman–Crippen MR) is 180 cm³/mol. The summed E-state index contributed by atoms with van der Waals surface area (Å²) in [6.45, 7) is 4.53. The molecule has 0 unspecified atom stereocenters. The third-order valence-corrected chi connectivity index (χ3v) is 9.27. The summed E-state index contributed by atoms with van der Waals surface area (Å²) in [6, 6.07) is 13.1. The largest absolute Gasteiger partial charge is 0.391 e. The van der Waals surface area contributed by atoms with Gasteiger partial charge in [-0.1, -0.05) is 81.8 Å². The quantitative estimate of drug-likeness (QED) is 0.191. The van der Waals surface area contributed by atoms with E-state index in [0.29, 0.717) is 57.8 Å². The van der Waals surface area contributed by atoms with E-state index in [9.17, 15) is 19.5 Å². The highest BCUT2D eigenvalue weighted by Gasteiger charge is 2.31. The fraction of sp³-hybridized carbons (Fsp3) is 0.611. The third kappa shape index (κ3) is 11.7. The second kappa shape index (κ2) is 19.2. The number of aliphatic hydroxyl groups excluding tert-OH is 1. The van der Waals surface area contributed by atoms with E-state index in [1.807, 2.05) is 55.5 Å². The van der Waals surface area contributed by atoms with Crippen molar-refractivity contribution >= 4 is 17.8 Å². The first-order valence-electron chi connectivity index (χ1n) is 17.4. The van der Waals surface area contributed by atoms with Gasteiger partial charge in [0.25, 0.3) is 0 Å². The van der Waals surface area contributed by atoms with E-state index in [-0.39, 0.29) is 17.8 Å². The van der Waals surface area contributed by atoms with Gasteiger partial charge in [-0.05, 0) is 55.7 Å². The Morgan fingerprint density at radius 3 is 2.33 bits per heavy atom. The normalized spacial score (nSPS) is 18.2. The number of urea groups is 1. The van der Waals surface area contributed by atoms with Crippen LogP contribution in [0.25, 0.3) is 0 Å². The summed E-state index contributed by atoms with van der Waals surface area (Å²) in [4.78, 5) is 46.8. The molecule has 46 heavy (non-hydrogen) atoms. The van der Waals surface area contributed by atoms with Gasteiger partial charge in [0.1, 0.15) is 12.1 Å². The lowest BCUT2D eigenvalue weighted by Gasteiger charge is -2.32. The molecular formula is C36H54N6O4. The Bertz CT molecular complexity index is 1190. The number of piperazine rings is 1. The lowest BCUT2D eigenvalue weighted by molar-refractivity contribution is -0.131. The van der Waals surface area contributed by atoms with Crippen LogP contribution in [0.4, 0.5) is 4.79 Å². The molecule has 1 aromatic carbocycles. The molecule has 1 aliphatic heterocycles. The van der Waals surface area contributed by atoms with E-state index in [1.54, 1.807) is 11.1 Å². The van der Waals surface area contributed by atoms with Gasteiger partial charge in [0.2, 0.25) is 11.8 Å². The molecule has 2 fully saturated rings. The molecule has 0 spiro atoms. The highest BCUT2D eigenvalue weighted by atomic mass is 16.3. The van der Waals surface area contributed by atoms with Crippen LogP contribution in [0, 0.1) is 5.92 Å². The number of carbonyl (C=O) groups is 3. The zero-order chi connectivity index (χ0) is 32.6. The molecule has 4 rings (SSSR count). The van der Waals surface area contributed by atoms with Crippen LogP contribution in [0.1, 0.15) is 82.4 Å². The lowest BCUT2D eigenvalue weighted by atomic mass is 9.83. The molecule has 252 valence electrons. The van der Waals surface area contributed by atoms with Gasteiger partial charge >= 0.3 is 6.03 Å². The van der Waals surface area contributed by atoms with Crippen molar-refractivity contribution in [3.63, 3.8) is 0 Å². The minimum Gasteiger partial charge on any atom is -0.391 e. The van der Waals surface area contributed by atoms with Crippen molar-refractivity contribution in [3.05, 3.63) is 66.0 Å². The van der Waals surface area contributed by atoms with Gasteiger partial charge in [-0.3, -0.25) is 14.6 Å². The van der Waals surface area contributed by atoms with Crippen molar-refractivity contribution in [3.8, 4) is 0 Å². The van der Waals surface area contributed by atoms with Crippen LogP contribution in [-0.2, 0) is 22.4 Å². The molecule has 5 N–H and O–H groups in total. The van der Waals surface area contributed by atoms with E-state index in [1.165, 1.54) is 19.3 Å². The first-order chi connectivity index (χ1) is 22.4. The van der Waals surface area contributed by atoms with Crippen molar-refractivity contribution in [2.24, 2.45) is 5.92 Å². The Balaban J connectivity index is 1.42. The summed E-state index contributed by atoms with van der Waals surface area (Å²) >= 11 is 0. The van der Waals surface area contributed by atoms with Gasteiger partial charge in [-0.25, -0.2) is 4.79 Å². The van der Waals surface area contributed by atoms with Gasteiger partial charge < -0.3 is 31.3 Å². The van der Waals surface area contributed by atoms with Gasteiger partial charge in [0.15, 0.2) is 0 Å². The van der Waals surface area contributed by atoms with Gasteiger partial charge in [-0.2, -0.15) is 0 Å². The molecule has 0 radical (unpaired) electrons. The molecular weight excluding hydrogens is 580 g/mol. The molecule has 2 aromatic rings. The van der Waals surface area contributed by atoms with E-state index in [0.717, 1.165) is 43.4 Å². The van der Waals surface area contributed by atoms with Gasteiger partial charge in [-0.15, -0.1) is 0 Å². The second-order valence-corrected chi connectivity index (χ2v) is 12.9. The average Bonchev–Trinajstić information content (AvgIpc) is 3.09. The molecule has 10 nitrogen and oxygen atoms in total. The molecule has 0 bridgehead atoms. The molecule has 1 aromatic heterocycles. The van der Waals surface area contributed by atoms with E-state index < -0.39 is 24.2 Å². The maximum Gasteiger partial charge on any atom is 0.318 e. The van der Waals surface area contributed by atoms with Crippen LogP contribution in [0.5, 0.6) is 0 Å². The van der Waals surface area contributed by atoms with E-state index >= 15 is 0 Å². The van der Waals surface area contributed by atoms with Crippen LogP contribution in [0.3, 0.4) is 0 Å². The predicted octanol–water partition coefficient (Wildman–Crippen LogP) is 3.73. The summed E-state index contributed by atoms with van der Waals surface area (Å²) in [7, 11) is 0. The van der Waals surface area contributed by atoms with E-state index in [4.69, 9.17) is 0 Å². The van der Waals surface area contributed by atoms with Crippen molar-refractivity contribution in [2.45, 2.75) is 108 Å². The number of pyridine rings is 1. The first-order valence-corrected chi connectivity index (χ1v) is 17.4. The Morgan fingerprint density at radius 2 is 1.63 bits per heavy atom. The van der Waals surface area contributed by atoms with Crippen LogP contribution < -0.4 is 21.3 Å². The Kier molecular flexibility index (Phi) is 14.8. The Morgan fingerprint density at radius 1 is 0.913 bits per heavy atom. The molecule has 1 aliphatic carbocycles. The minimum absolute atomic E-state index is 0.282. The molecule has 1 saturated heterocycles. The molecule has 2 heterocycles. The highest BCUT2D eigenvalue weighted by molar-refractivity contribution is 5.92. The maximum atomic E-state index is 13.8. The molecule has 10 heteroatoms. The summed E-state index contributed by atoms with van der Waals surface area (Å²) < 4.78 is 0. The zero-order valence-electron chi connectivity index (χ0n) is 27.5. The number of hydrogen-bond donors (Lipinski definition) is 5. The smallest absolute Gasteiger partial charge is 0.318 e. The third-order valence-electron chi connectivity index (χ3n) is 9.27. The van der Waals surface area contributed by atoms with Gasteiger partial charge in [0, 0.05) is 44.5 Å². The van der Waals surface area contributed by atoms with Crippen LogP contribution in [0.2, 0.25) is 0 Å². The Labute approximate surface area is 274 Å². The molecule has 4 atom stereocenters. The van der Waals surface area contributed by atoms with Crippen LogP contribution in [0.15, 0.2) is 54.7 Å². The van der Waals surface area contributed by atoms with E-state index in [2.05, 4.69) is 26.3 Å².